The molecule has 0 spiro atoms. The molecule has 102 valence electrons. The van der Waals surface area contributed by atoms with Crippen LogP contribution in [0.5, 0.6) is 0 Å². The Morgan fingerprint density at radius 2 is 2.21 bits per heavy atom. The van der Waals surface area contributed by atoms with Crippen LogP contribution in [0.1, 0.15) is 29.7 Å². The monoisotopic (exact) mass is 277 g/mol. The fourth-order valence-electron chi connectivity index (χ4n) is 2.29. The highest BCUT2D eigenvalue weighted by atomic mass is 35.5. The van der Waals surface area contributed by atoms with Crippen molar-refractivity contribution in [1.29, 1.82) is 0 Å². The average molecular weight is 278 g/mol. The van der Waals surface area contributed by atoms with Gasteiger partial charge in [-0.05, 0) is 36.6 Å². The smallest absolute Gasteiger partial charge is 0.0522 e. The van der Waals surface area contributed by atoms with Gasteiger partial charge in [0.25, 0.3) is 0 Å². The highest BCUT2D eigenvalue weighted by molar-refractivity contribution is 6.32. The molecule has 19 heavy (non-hydrogen) atoms. The van der Waals surface area contributed by atoms with E-state index in [2.05, 4.69) is 29.5 Å². The third kappa shape index (κ3) is 3.37. The molecule has 1 aromatic carbocycles. The van der Waals surface area contributed by atoms with Gasteiger partial charge in [-0.15, -0.1) is 0 Å². The lowest BCUT2D eigenvalue weighted by Crippen LogP contribution is -2.23. The molecule has 0 radical (unpaired) electrons. The minimum atomic E-state index is 0.224. The number of aryl methyl sites for hydroxylation is 2. The lowest BCUT2D eigenvalue weighted by Gasteiger charge is -2.20. The molecule has 0 saturated carbocycles. The second-order valence-electron chi connectivity index (χ2n) is 4.81. The van der Waals surface area contributed by atoms with Crippen molar-refractivity contribution in [2.24, 2.45) is 7.05 Å². The van der Waals surface area contributed by atoms with E-state index in [0.29, 0.717) is 0 Å². The molecule has 1 aromatic heterocycles. The molecule has 0 saturated heterocycles. The molecule has 1 unspecified atom stereocenters. The van der Waals surface area contributed by atoms with Crippen molar-refractivity contribution in [2.75, 3.05) is 6.54 Å². The minimum absolute atomic E-state index is 0.224. The lowest BCUT2D eigenvalue weighted by atomic mass is 9.99. The van der Waals surface area contributed by atoms with Crippen LogP contribution in [0.4, 0.5) is 0 Å². The zero-order valence-corrected chi connectivity index (χ0v) is 12.4. The van der Waals surface area contributed by atoms with Crippen molar-refractivity contribution in [3.8, 4) is 0 Å². The van der Waals surface area contributed by atoms with E-state index in [-0.39, 0.29) is 6.04 Å². The van der Waals surface area contributed by atoms with Crippen molar-refractivity contribution in [2.45, 2.75) is 26.3 Å². The molecule has 0 aliphatic rings. The first-order chi connectivity index (χ1) is 9.11. The highest BCUT2D eigenvalue weighted by Gasteiger charge is 2.16. The van der Waals surface area contributed by atoms with E-state index in [0.717, 1.165) is 29.1 Å². The van der Waals surface area contributed by atoms with Crippen LogP contribution in [0.25, 0.3) is 0 Å². The van der Waals surface area contributed by atoms with Gasteiger partial charge in [-0.25, -0.2) is 0 Å². The topological polar surface area (TPSA) is 29.9 Å². The molecule has 0 amide bonds. The average Bonchev–Trinajstić information content (AvgIpc) is 2.78. The summed E-state index contributed by atoms with van der Waals surface area (Å²) < 4.78 is 1.83. The Labute approximate surface area is 119 Å². The SMILES string of the molecule is CCNC(Cc1cnn(C)c1)c1cccc(C)c1Cl. The third-order valence-corrected chi connectivity index (χ3v) is 3.76. The van der Waals surface area contributed by atoms with Gasteiger partial charge in [0.2, 0.25) is 0 Å². The second-order valence-corrected chi connectivity index (χ2v) is 5.19. The van der Waals surface area contributed by atoms with Crippen LogP contribution in [0.3, 0.4) is 0 Å². The summed E-state index contributed by atoms with van der Waals surface area (Å²) in [5.41, 5.74) is 3.49. The molecule has 0 fully saturated rings. The fraction of sp³-hybridized carbons (Fsp3) is 0.400. The van der Waals surface area contributed by atoms with Crippen molar-refractivity contribution >= 4 is 11.6 Å². The Hall–Kier alpha value is -1.32. The quantitative estimate of drug-likeness (QED) is 0.909. The lowest BCUT2D eigenvalue weighted by molar-refractivity contribution is 0.549. The first kappa shape index (κ1) is 14.1. The van der Waals surface area contributed by atoms with E-state index >= 15 is 0 Å². The molecular formula is C15H20ClN3. The first-order valence-electron chi connectivity index (χ1n) is 6.57. The van der Waals surface area contributed by atoms with E-state index in [4.69, 9.17) is 11.6 Å². The number of hydrogen-bond acceptors (Lipinski definition) is 2. The van der Waals surface area contributed by atoms with Gasteiger partial charge >= 0.3 is 0 Å². The Morgan fingerprint density at radius 3 is 2.84 bits per heavy atom. The summed E-state index contributed by atoms with van der Waals surface area (Å²) in [4.78, 5) is 0. The summed E-state index contributed by atoms with van der Waals surface area (Å²) in [7, 11) is 1.94. The second kappa shape index (κ2) is 6.22. The third-order valence-electron chi connectivity index (χ3n) is 3.25. The van der Waals surface area contributed by atoms with E-state index in [1.54, 1.807) is 0 Å². The Bertz CT molecular complexity index is 548. The maximum atomic E-state index is 6.43. The maximum absolute atomic E-state index is 6.43. The Morgan fingerprint density at radius 1 is 1.42 bits per heavy atom. The summed E-state index contributed by atoms with van der Waals surface area (Å²) in [6.07, 6.45) is 4.85. The number of aromatic nitrogens is 2. The molecule has 2 rings (SSSR count). The van der Waals surface area contributed by atoms with Crippen LogP contribution in [0.2, 0.25) is 5.02 Å². The molecule has 3 nitrogen and oxygen atoms in total. The minimum Gasteiger partial charge on any atom is -0.310 e. The number of hydrogen-bond donors (Lipinski definition) is 1. The number of rotatable bonds is 5. The van der Waals surface area contributed by atoms with E-state index in [1.807, 2.05) is 37.1 Å². The van der Waals surface area contributed by atoms with Gasteiger partial charge in [-0.1, -0.05) is 36.7 Å². The molecule has 2 aromatic rings. The zero-order chi connectivity index (χ0) is 13.8. The summed E-state index contributed by atoms with van der Waals surface area (Å²) in [6, 6.07) is 6.42. The van der Waals surface area contributed by atoms with E-state index in [9.17, 15) is 0 Å². The molecule has 4 heteroatoms. The summed E-state index contributed by atoms with van der Waals surface area (Å²) in [5, 5.41) is 8.58. The number of nitrogens with zero attached hydrogens (tertiary/aromatic N) is 2. The Kier molecular flexibility index (Phi) is 4.61. The van der Waals surface area contributed by atoms with Crippen LogP contribution < -0.4 is 5.32 Å². The van der Waals surface area contributed by atoms with Crippen LogP contribution >= 0.6 is 11.6 Å². The molecule has 1 heterocycles. The van der Waals surface area contributed by atoms with Gasteiger partial charge in [0.15, 0.2) is 0 Å². The van der Waals surface area contributed by atoms with Gasteiger partial charge in [-0.3, -0.25) is 4.68 Å². The van der Waals surface area contributed by atoms with Crippen LogP contribution in [0.15, 0.2) is 30.6 Å². The van der Waals surface area contributed by atoms with Gasteiger partial charge in [0.05, 0.1) is 6.20 Å². The molecule has 0 bridgehead atoms. The Balaban J connectivity index is 2.26. The van der Waals surface area contributed by atoms with Gasteiger partial charge in [0, 0.05) is 24.3 Å². The van der Waals surface area contributed by atoms with Crippen LogP contribution in [0, 0.1) is 6.92 Å². The van der Waals surface area contributed by atoms with Crippen molar-refractivity contribution in [3.63, 3.8) is 0 Å². The standard InChI is InChI=1S/C15H20ClN3/c1-4-17-14(8-12-9-18-19(3)10-12)13-7-5-6-11(2)15(13)16/h5-7,9-10,14,17H,4,8H2,1-3H3. The van der Waals surface area contributed by atoms with Gasteiger partial charge in [-0.2, -0.15) is 5.10 Å². The summed E-state index contributed by atoms with van der Waals surface area (Å²) >= 11 is 6.43. The van der Waals surface area contributed by atoms with Gasteiger partial charge in [0.1, 0.15) is 0 Å². The number of halogens is 1. The summed E-state index contributed by atoms with van der Waals surface area (Å²) in [6.45, 7) is 5.06. The highest BCUT2D eigenvalue weighted by Crippen LogP contribution is 2.28. The molecule has 0 aliphatic carbocycles. The maximum Gasteiger partial charge on any atom is 0.0522 e. The normalized spacial score (nSPS) is 12.6. The van der Waals surface area contributed by atoms with Crippen molar-refractivity contribution < 1.29 is 0 Å². The van der Waals surface area contributed by atoms with E-state index in [1.165, 1.54) is 5.56 Å². The number of benzene rings is 1. The van der Waals surface area contributed by atoms with Crippen molar-refractivity contribution in [3.05, 3.63) is 52.3 Å². The molecule has 1 N–H and O–H groups in total. The largest absolute Gasteiger partial charge is 0.310 e. The molecule has 1 atom stereocenters. The number of nitrogens with one attached hydrogen (secondary N) is 1. The van der Waals surface area contributed by atoms with Crippen LogP contribution in [-0.2, 0) is 13.5 Å². The zero-order valence-electron chi connectivity index (χ0n) is 11.7. The molecule has 0 aliphatic heterocycles. The number of likely N-dealkylation sites (N-methyl/N-ethyl adjacent to an activating group) is 1. The summed E-state index contributed by atoms with van der Waals surface area (Å²) in [5.74, 6) is 0. The first-order valence-corrected chi connectivity index (χ1v) is 6.95. The fourth-order valence-corrected chi connectivity index (χ4v) is 2.55. The predicted molar refractivity (Wildman–Crippen MR) is 79.5 cm³/mol. The van der Waals surface area contributed by atoms with Crippen molar-refractivity contribution in [1.82, 2.24) is 15.1 Å². The predicted octanol–water partition coefficient (Wildman–Crippen LogP) is 3.28. The van der Waals surface area contributed by atoms with Crippen LogP contribution in [-0.4, -0.2) is 16.3 Å². The van der Waals surface area contributed by atoms with E-state index < -0.39 is 0 Å². The van der Waals surface area contributed by atoms with Gasteiger partial charge < -0.3 is 5.32 Å². The molecular weight excluding hydrogens is 258 g/mol.